The predicted octanol–water partition coefficient (Wildman–Crippen LogP) is 0.879. The van der Waals surface area contributed by atoms with Crippen LogP contribution in [-0.2, 0) is 14.3 Å². The maximum Gasteiger partial charge on any atom is 0.323 e. The van der Waals surface area contributed by atoms with E-state index in [1.165, 1.54) is 4.90 Å². The van der Waals surface area contributed by atoms with Crippen LogP contribution in [0.25, 0.3) is 0 Å². The van der Waals surface area contributed by atoms with Gasteiger partial charge in [0.1, 0.15) is 6.54 Å². The minimum Gasteiger partial charge on any atom is -0.480 e. The van der Waals surface area contributed by atoms with Gasteiger partial charge in [0, 0.05) is 13.7 Å². The molecule has 0 aromatic carbocycles. The summed E-state index contributed by atoms with van der Waals surface area (Å²) in [6.45, 7) is 1.97. The molecule has 1 aliphatic rings. The molecule has 16 heavy (non-hydrogen) atoms. The molecule has 1 aliphatic carbocycles. The molecule has 0 atom stereocenters. The van der Waals surface area contributed by atoms with Crippen molar-refractivity contribution in [3.8, 4) is 0 Å². The van der Waals surface area contributed by atoms with Gasteiger partial charge in [-0.05, 0) is 26.2 Å². The second-order valence-electron chi connectivity index (χ2n) is 4.22. The van der Waals surface area contributed by atoms with Crippen LogP contribution >= 0.6 is 0 Å². The number of likely N-dealkylation sites (N-methyl/N-ethyl adjacent to an activating group) is 1. The van der Waals surface area contributed by atoms with Gasteiger partial charge >= 0.3 is 5.97 Å². The van der Waals surface area contributed by atoms with Gasteiger partial charge in [0.25, 0.3) is 0 Å². The summed E-state index contributed by atoms with van der Waals surface area (Å²) in [7, 11) is 1.61. The van der Waals surface area contributed by atoms with Crippen molar-refractivity contribution >= 4 is 11.9 Å². The normalized spacial score (nSPS) is 17.6. The van der Waals surface area contributed by atoms with Crippen LogP contribution in [0.1, 0.15) is 32.6 Å². The number of hydrogen-bond donors (Lipinski definition) is 1. The minimum absolute atomic E-state index is 0.133. The Kier molecular flexibility index (Phi) is 4.29. The van der Waals surface area contributed by atoms with E-state index >= 15 is 0 Å². The number of rotatable bonds is 6. The average Bonchev–Trinajstić information content (AvgIpc) is 2.19. The van der Waals surface area contributed by atoms with Crippen LogP contribution in [-0.4, -0.2) is 47.7 Å². The number of amides is 1. The zero-order chi connectivity index (χ0) is 12.2. The fourth-order valence-electron chi connectivity index (χ4n) is 1.95. The van der Waals surface area contributed by atoms with E-state index in [0.29, 0.717) is 13.0 Å². The molecule has 5 nitrogen and oxygen atoms in total. The Morgan fingerprint density at radius 3 is 2.38 bits per heavy atom. The highest BCUT2D eigenvalue weighted by molar-refractivity contribution is 5.82. The summed E-state index contributed by atoms with van der Waals surface area (Å²) < 4.78 is 5.35. The first-order chi connectivity index (χ1) is 7.53. The van der Waals surface area contributed by atoms with E-state index in [4.69, 9.17) is 9.84 Å². The van der Waals surface area contributed by atoms with Gasteiger partial charge in [0.05, 0.1) is 12.0 Å². The van der Waals surface area contributed by atoms with Crippen molar-refractivity contribution in [3.05, 3.63) is 0 Å². The predicted molar refractivity (Wildman–Crippen MR) is 58.1 cm³/mol. The summed E-state index contributed by atoms with van der Waals surface area (Å²) in [4.78, 5) is 23.8. The number of carboxylic acids is 1. The molecule has 0 saturated heterocycles. The molecule has 0 unspecified atom stereocenters. The highest BCUT2D eigenvalue weighted by Gasteiger charge is 2.40. The second-order valence-corrected chi connectivity index (χ2v) is 4.22. The number of aliphatic carboxylic acids is 1. The van der Waals surface area contributed by atoms with E-state index in [1.54, 1.807) is 14.0 Å². The zero-order valence-corrected chi connectivity index (χ0v) is 9.86. The smallest absolute Gasteiger partial charge is 0.323 e. The van der Waals surface area contributed by atoms with Crippen molar-refractivity contribution < 1.29 is 19.4 Å². The topological polar surface area (TPSA) is 66.8 Å². The van der Waals surface area contributed by atoms with E-state index in [2.05, 4.69) is 0 Å². The molecule has 0 aromatic heterocycles. The molecule has 1 amide bonds. The molecule has 0 aliphatic heterocycles. The Morgan fingerprint density at radius 1 is 1.44 bits per heavy atom. The summed E-state index contributed by atoms with van der Waals surface area (Å²) in [6, 6.07) is 0. The number of hydrogen-bond acceptors (Lipinski definition) is 3. The van der Waals surface area contributed by atoms with Crippen molar-refractivity contribution in [2.45, 2.75) is 38.2 Å². The third-order valence-corrected chi connectivity index (χ3v) is 3.23. The van der Waals surface area contributed by atoms with Crippen LogP contribution in [0.15, 0.2) is 0 Å². The van der Waals surface area contributed by atoms with Gasteiger partial charge in [-0.1, -0.05) is 0 Å². The Balaban J connectivity index is 2.51. The highest BCUT2D eigenvalue weighted by Crippen LogP contribution is 2.38. The Hall–Kier alpha value is -1.10. The monoisotopic (exact) mass is 229 g/mol. The Morgan fingerprint density at radius 2 is 2.06 bits per heavy atom. The molecule has 5 heteroatoms. The average molecular weight is 229 g/mol. The van der Waals surface area contributed by atoms with Gasteiger partial charge in [-0.2, -0.15) is 0 Å². The molecule has 92 valence electrons. The molecule has 0 bridgehead atoms. The van der Waals surface area contributed by atoms with Crippen molar-refractivity contribution in [3.63, 3.8) is 0 Å². The quantitative estimate of drug-likeness (QED) is 0.734. The third kappa shape index (κ3) is 2.95. The summed E-state index contributed by atoms with van der Waals surface area (Å²) in [5.74, 6) is -1.11. The molecule has 0 spiro atoms. The highest BCUT2D eigenvalue weighted by atomic mass is 16.5. The summed E-state index contributed by atoms with van der Waals surface area (Å²) in [5.41, 5.74) is -0.330. The number of carboxylic acid groups (broad SMARTS) is 1. The lowest BCUT2D eigenvalue weighted by Gasteiger charge is -2.40. The standard InChI is InChI=1S/C11H19NO4/c1-3-12(8-10(14)15)9(13)7-11(16-2)5-4-6-11/h3-8H2,1-2H3,(H,14,15). The van der Waals surface area contributed by atoms with Gasteiger partial charge < -0.3 is 14.7 Å². The lowest BCUT2D eigenvalue weighted by atomic mass is 9.77. The van der Waals surface area contributed by atoms with Crippen molar-refractivity contribution in [1.82, 2.24) is 4.90 Å². The number of ether oxygens (including phenoxy) is 1. The molecule has 1 saturated carbocycles. The Bertz CT molecular complexity index is 268. The molecular formula is C11H19NO4. The lowest BCUT2D eigenvalue weighted by molar-refractivity contribution is -0.150. The largest absolute Gasteiger partial charge is 0.480 e. The number of methoxy groups -OCH3 is 1. The Labute approximate surface area is 95.4 Å². The fraction of sp³-hybridized carbons (Fsp3) is 0.818. The molecule has 0 radical (unpaired) electrons. The third-order valence-electron chi connectivity index (χ3n) is 3.23. The van der Waals surface area contributed by atoms with Gasteiger partial charge in [-0.3, -0.25) is 9.59 Å². The molecular weight excluding hydrogens is 210 g/mol. The molecule has 0 aromatic rings. The first-order valence-electron chi connectivity index (χ1n) is 5.58. The van der Waals surface area contributed by atoms with Crippen molar-refractivity contribution in [2.24, 2.45) is 0 Å². The lowest BCUT2D eigenvalue weighted by Crippen LogP contribution is -2.46. The van der Waals surface area contributed by atoms with E-state index in [0.717, 1.165) is 19.3 Å². The zero-order valence-electron chi connectivity index (χ0n) is 9.86. The molecule has 1 fully saturated rings. The van der Waals surface area contributed by atoms with Gasteiger partial charge in [-0.25, -0.2) is 0 Å². The van der Waals surface area contributed by atoms with Crippen LogP contribution in [0, 0.1) is 0 Å². The van der Waals surface area contributed by atoms with Gasteiger partial charge in [0.2, 0.25) is 5.91 Å². The van der Waals surface area contributed by atoms with E-state index < -0.39 is 5.97 Å². The van der Waals surface area contributed by atoms with Crippen LogP contribution in [0.5, 0.6) is 0 Å². The van der Waals surface area contributed by atoms with Crippen molar-refractivity contribution in [2.75, 3.05) is 20.2 Å². The summed E-state index contributed by atoms with van der Waals surface area (Å²) in [6.07, 6.45) is 3.15. The molecule has 1 N–H and O–H groups in total. The summed E-state index contributed by atoms with van der Waals surface area (Å²) in [5, 5.41) is 8.67. The van der Waals surface area contributed by atoms with E-state index in [1.807, 2.05) is 0 Å². The summed E-state index contributed by atoms with van der Waals surface area (Å²) >= 11 is 0. The maximum absolute atomic E-state index is 11.9. The molecule has 0 heterocycles. The number of nitrogens with zero attached hydrogens (tertiary/aromatic N) is 1. The number of carbonyl (C=O) groups is 2. The first kappa shape index (κ1) is 13.0. The van der Waals surface area contributed by atoms with Crippen LogP contribution in [0.3, 0.4) is 0 Å². The minimum atomic E-state index is -0.977. The molecule has 1 rings (SSSR count). The first-order valence-corrected chi connectivity index (χ1v) is 5.58. The van der Waals surface area contributed by atoms with Gasteiger partial charge in [-0.15, -0.1) is 0 Å². The van der Waals surface area contributed by atoms with Crippen LogP contribution in [0.4, 0.5) is 0 Å². The van der Waals surface area contributed by atoms with Gasteiger partial charge in [0.15, 0.2) is 0 Å². The van der Waals surface area contributed by atoms with Crippen LogP contribution in [0.2, 0.25) is 0 Å². The maximum atomic E-state index is 11.9. The van der Waals surface area contributed by atoms with E-state index in [9.17, 15) is 9.59 Å². The second kappa shape index (κ2) is 5.30. The fourth-order valence-corrected chi connectivity index (χ4v) is 1.95. The SMILES string of the molecule is CCN(CC(=O)O)C(=O)CC1(OC)CCC1. The van der Waals surface area contributed by atoms with Crippen LogP contribution < -0.4 is 0 Å². The number of carbonyl (C=O) groups excluding carboxylic acids is 1. The van der Waals surface area contributed by atoms with Crippen molar-refractivity contribution in [1.29, 1.82) is 0 Å². The van der Waals surface area contributed by atoms with E-state index in [-0.39, 0.29) is 18.1 Å².